The zero-order chi connectivity index (χ0) is 12.1. The summed E-state index contributed by atoms with van der Waals surface area (Å²) in [6, 6.07) is 10.9. The first-order valence-electron chi connectivity index (χ1n) is 5.45. The Labute approximate surface area is 100 Å². The summed E-state index contributed by atoms with van der Waals surface area (Å²) < 4.78 is 0. The van der Waals surface area contributed by atoms with Crippen molar-refractivity contribution in [2.24, 2.45) is 5.73 Å². The number of pyridine rings is 1. The first-order valence-corrected chi connectivity index (χ1v) is 5.45. The number of hydrogen-bond donors (Lipinski definition) is 3. The molecular weight excluding hydrogens is 214 g/mol. The van der Waals surface area contributed by atoms with Crippen LogP contribution in [0.5, 0.6) is 5.75 Å². The maximum atomic E-state index is 9.15. The number of nitrogens with two attached hydrogens (primary N) is 1. The molecule has 1 aromatic heterocycles. The van der Waals surface area contributed by atoms with Gasteiger partial charge >= 0.3 is 0 Å². The van der Waals surface area contributed by atoms with Gasteiger partial charge in [-0.1, -0.05) is 6.07 Å². The highest BCUT2D eigenvalue weighted by Gasteiger charge is 1.96. The molecule has 88 valence electrons. The maximum absolute atomic E-state index is 9.15. The van der Waals surface area contributed by atoms with E-state index in [1.807, 2.05) is 24.3 Å². The van der Waals surface area contributed by atoms with Crippen LogP contribution >= 0.6 is 0 Å². The van der Waals surface area contributed by atoms with E-state index in [1.165, 1.54) is 0 Å². The number of phenolic OH excluding ortho intramolecular Hbond substituents is 1. The lowest BCUT2D eigenvalue weighted by atomic mass is 10.2. The molecule has 2 aromatic rings. The summed E-state index contributed by atoms with van der Waals surface area (Å²) in [4.78, 5) is 4.29. The minimum atomic E-state index is 0.265. The van der Waals surface area contributed by atoms with E-state index in [4.69, 9.17) is 10.8 Å². The van der Waals surface area contributed by atoms with Gasteiger partial charge < -0.3 is 16.2 Å². The fraction of sp³-hybridized carbons (Fsp3) is 0.154. The van der Waals surface area contributed by atoms with Crippen molar-refractivity contribution in [2.45, 2.75) is 13.1 Å². The molecule has 0 saturated heterocycles. The number of nitrogens with zero attached hydrogens (tertiary/aromatic N) is 1. The predicted octanol–water partition coefficient (Wildman–Crippen LogP) is 1.86. The molecule has 0 saturated carbocycles. The minimum Gasteiger partial charge on any atom is -0.508 e. The van der Waals surface area contributed by atoms with Crippen molar-refractivity contribution < 1.29 is 5.11 Å². The van der Waals surface area contributed by atoms with Gasteiger partial charge in [-0.15, -0.1) is 0 Å². The molecule has 4 N–H and O–H groups in total. The summed E-state index contributed by atoms with van der Waals surface area (Å²) in [6.45, 7) is 1.16. The highest BCUT2D eigenvalue weighted by Crippen LogP contribution is 2.14. The van der Waals surface area contributed by atoms with Crippen molar-refractivity contribution in [1.29, 1.82) is 0 Å². The minimum absolute atomic E-state index is 0.265. The number of rotatable bonds is 4. The molecule has 4 heteroatoms. The highest BCUT2D eigenvalue weighted by atomic mass is 16.3. The van der Waals surface area contributed by atoms with E-state index < -0.39 is 0 Å². The Morgan fingerprint density at radius 2 is 1.88 bits per heavy atom. The van der Waals surface area contributed by atoms with Crippen LogP contribution in [0.25, 0.3) is 0 Å². The number of aromatic nitrogens is 1. The molecule has 0 fully saturated rings. The second kappa shape index (κ2) is 5.32. The number of anilines is 1. The van der Waals surface area contributed by atoms with E-state index in [1.54, 1.807) is 18.3 Å². The quantitative estimate of drug-likeness (QED) is 0.700. The lowest BCUT2D eigenvalue weighted by Crippen LogP contribution is -2.03. The smallest absolute Gasteiger partial charge is 0.115 e. The van der Waals surface area contributed by atoms with E-state index in [2.05, 4.69) is 10.3 Å². The average molecular weight is 229 g/mol. The van der Waals surface area contributed by atoms with Gasteiger partial charge in [-0.2, -0.15) is 0 Å². The van der Waals surface area contributed by atoms with Gasteiger partial charge in [0.15, 0.2) is 0 Å². The molecule has 0 unspecified atom stereocenters. The van der Waals surface area contributed by atoms with Crippen molar-refractivity contribution in [3.8, 4) is 5.75 Å². The second-order valence-electron chi connectivity index (χ2n) is 3.76. The third-order valence-corrected chi connectivity index (χ3v) is 2.46. The zero-order valence-electron chi connectivity index (χ0n) is 9.43. The van der Waals surface area contributed by atoms with E-state index in [9.17, 15) is 0 Å². The number of nitrogens with one attached hydrogen (secondary N) is 1. The Hall–Kier alpha value is -2.07. The summed E-state index contributed by atoms with van der Waals surface area (Å²) in [5.74, 6) is 0.265. The molecule has 2 rings (SSSR count). The first kappa shape index (κ1) is 11.4. The molecule has 0 aliphatic carbocycles. The van der Waals surface area contributed by atoms with E-state index in [0.29, 0.717) is 13.1 Å². The lowest BCUT2D eigenvalue weighted by molar-refractivity contribution is 0.475. The summed E-state index contributed by atoms with van der Waals surface area (Å²) >= 11 is 0. The number of phenols is 1. The van der Waals surface area contributed by atoms with Crippen LogP contribution in [0.1, 0.15) is 11.3 Å². The lowest BCUT2D eigenvalue weighted by Gasteiger charge is -2.06. The Kier molecular flexibility index (Phi) is 3.57. The van der Waals surface area contributed by atoms with Crippen molar-refractivity contribution in [2.75, 3.05) is 5.32 Å². The molecule has 0 amide bonds. The normalized spacial score (nSPS) is 10.2. The highest BCUT2D eigenvalue weighted by molar-refractivity contribution is 5.46. The number of hydrogen-bond acceptors (Lipinski definition) is 4. The van der Waals surface area contributed by atoms with Crippen LogP contribution < -0.4 is 11.1 Å². The number of benzene rings is 1. The van der Waals surface area contributed by atoms with Crippen molar-refractivity contribution >= 4 is 5.69 Å². The topological polar surface area (TPSA) is 71.2 Å². The molecular formula is C13H15N3O. The Morgan fingerprint density at radius 1 is 1.12 bits per heavy atom. The van der Waals surface area contributed by atoms with E-state index >= 15 is 0 Å². The van der Waals surface area contributed by atoms with Crippen LogP contribution in [0.3, 0.4) is 0 Å². The summed E-state index contributed by atoms with van der Waals surface area (Å²) in [5.41, 5.74) is 8.43. The van der Waals surface area contributed by atoms with Crippen LogP contribution in [0.4, 0.5) is 5.69 Å². The SMILES string of the molecule is NCc1ccc(CNc2ccc(O)cc2)nc1. The van der Waals surface area contributed by atoms with Gasteiger partial charge in [0.25, 0.3) is 0 Å². The molecule has 1 aromatic carbocycles. The molecule has 17 heavy (non-hydrogen) atoms. The third kappa shape index (κ3) is 3.19. The van der Waals surface area contributed by atoms with E-state index in [-0.39, 0.29) is 5.75 Å². The largest absolute Gasteiger partial charge is 0.508 e. The predicted molar refractivity (Wildman–Crippen MR) is 67.6 cm³/mol. The van der Waals surface area contributed by atoms with Crippen molar-refractivity contribution in [1.82, 2.24) is 4.98 Å². The molecule has 0 spiro atoms. The van der Waals surface area contributed by atoms with Gasteiger partial charge in [0.05, 0.1) is 12.2 Å². The molecule has 0 atom stereocenters. The molecule has 0 bridgehead atoms. The Balaban J connectivity index is 1.95. The van der Waals surface area contributed by atoms with Gasteiger partial charge in [0.2, 0.25) is 0 Å². The molecule has 0 aliphatic rings. The molecule has 0 aliphatic heterocycles. The van der Waals surface area contributed by atoms with Crippen LogP contribution in [0, 0.1) is 0 Å². The molecule has 4 nitrogen and oxygen atoms in total. The van der Waals surface area contributed by atoms with Crippen molar-refractivity contribution in [3.63, 3.8) is 0 Å². The second-order valence-corrected chi connectivity index (χ2v) is 3.76. The standard InChI is InChI=1S/C13H15N3O/c14-7-10-1-2-12(15-8-10)9-16-11-3-5-13(17)6-4-11/h1-6,8,16-17H,7,9,14H2. The van der Waals surface area contributed by atoms with Crippen LogP contribution in [-0.4, -0.2) is 10.1 Å². The maximum Gasteiger partial charge on any atom is 0.115 e. The molecule has 0 radical (unpaired) electrons. The van der Waals surface area contributed by atoms with Crippen molar-refractivity contribution in [3.05, 3.63) is 53.9 Å². The summed E-state index contributed by atoms with van der Waals surface area (Å²) in [7, 11) is 0. The Bertz CT molecular complexity index is 465. The van der Waals surface area contributed by atoms with Crippen LogP contribution in [0.15, 0.2) is 42.6 Å². The molecule has 1 heterocycles. The Morgan fingerprint density at radius 3 is 2.47 bits per heavy atom. The first-order chi connectivity index (χ1) is 8.28. The van der Waals surface area contributed by atoms with Gasteiger partial charge in [-0.05, 0) is 35.9 Å². The van der Waals surface area contributed by atoms with Gasteiger partial charge in [0, 0.05) is 18.4 Å². The fourth-order valence-electron chi connectivity index (χ4n) is 1.45. The van der Waals surface area contributed by atoms with E-state index in [0.717, 1.165) is 16.9 Å². The fourth-order valence-corrected chi connectivity index (χ4v) is 1.45. The third-order valence-electron chi connectivity index (χ3n) is 2.46. The van der Waals surface area contributed by atoms with Crippen LogP contribution in [-0.2, 0) is 13.1 Å². The van der Waals surface area contributed by atoms with Gasteiger partial charge in [-0.25, -0.2) is 0 Å². The number of aromatic hydroxyl groups is 1. The van der Waals surface area contributed by atoms with Gasteiger partial charge in [0.1, 0.15) is 5.75 Å². The average Bonchev–Trinajstić information content (AvgIpc) is 2.39. The summed E-state index contributed by atoms with van der Waals surface area (Å²) in [5, 5.41) is 12.4. The monoisotopic (exact) mass is 229 g/mol. The van der Waals surface area contributed by atoms with Crippen LogP contribution in [0.2, 0.25) is 0 Å². The van der Waals surface area contributed by atoms with Gasteiger partial charge in [-0.3, -0.25) is 4.98 Å². The zero-order valence-corrected chi connectivity index (χ0v) is 9.43. The summed E-state index contributed by atoms with van der Waals surface area (Å²) in [6.07, 6.45) is 1.79.